The predicted octanol–water partition coefficient (Wildman–Crippen LogP) is 3.15. The topological polar surface area (TPSA) is 55.1 Å². The summed E-state index contributed by atoms with van der Waals surface area (Å²) in [5.41, 5.74) is 8.76. The lowest BCUT2D eigenvalue weighted by Gasteiger charge is -2.34. The van der Waals surface area contributed by atoms with E-state index in [2.05, 4.69) is 11.4 Å². The standard InChI is InChI=1S/C16H24N2O/c1-12-8-13(2)10-14(9-12)18-15(19)16(11-17)6-4-3-5-7-16/h8-10H,3-7,11,17H2,1-2H3,(H,18,19). The number of carbonyl (C=O) groups is 1. The van der Waals surface area contributed by atoms with Crippen LogP contribution in [-0.4, -0.2) is 12.5 Å². The van der Waals surface area contributed by atoms with Crippen LogP contribution in [0.5, 0.6) is 0 Å². The van der Waals surface area contributed by atoms with Crippen molar-refractivity contribution in [2.75, 3.05) is 11.9 Å². The molecule has 1 saturated carbocycles. The predicted molar refractivity (Wildman–Crippen MR) is 79.1 cm³/mol. The Kier molecular flexibility index (Phi) is 4.25. The molecule has 0 heterocycles. The van der Waals surface area contributed by atoms with Crippen LogP contribution in [0.15, 0.2) is 18.2 Å². The van der Waals surface area contributed by atoms with Gasteiger partial charge in [0.1, 0.15) is 0 Å². The summed E-state index contributed by atoms with van der Waals surface area (Å²) in [7, 11) is 0. The molecule has 19 heavy (non-hydrogen) atoms. The highest BCUT2D eigenvalue weighted by molar-refractivity contribution is 5.95. The second-order valence-electron chi connectivity index (χ2n) is 5.88. The Bertz CT molecular complexity index is 442. The third-order valence-corrected chi connectivity index (χ3v) is 4.16. The minimum Gasteiger partial charge on any atom is -0.329 e. The van der Waals surface area contributed by atoms with E-state index in [0.29, 0.717) is 6.54 Å². The van der Waals surface area contributed by atoms with Gasteiger partial charge in [-0.3, -0.25) is 4.79 Å². The maximum atomic E-state index is 12.6. The molecule has 0 aromatic heterocycles. The van der Waals surface area contributed by atoms with Crippen molar-refractivity contribution in [3.05, 3.63) is 29.3 Å². The molecule has 1 amide bonds. The minimum absolute atomic E-state index is 0.0969. The first-order chi connectivity index (χ1) is 9.05. The van der Waals surface area contributed by atoms with Gasteiger partial charge in [-0.05, 0) is 49.9 Å². The van der Waals surface area contributed by atoms with Crippen LogP contribution in [0.1, 0.15) is 43.2 Å². The average molecular weight is 260 g/mol. The molecular weight excluding hydrogens is 236 g/mol. The molecule has 2 rings (SSSR count). The van der Waals surface area contributed by atoms with Crippen molar-refractivity contribution in [3.63, 3.8) is 0 Å². The fourth-order valence-electron chi connectivity index (χ4n) is 3.06. The maximum Gasteiger partial charge on any atom is 0.231 e. The summed E-state index contributed by atoms with van der Waals surface area (Å²) in [6.07, 6.45) is 5.27. The van der Waals surface area contributed by atoms with Gasteiger partial charge in [-0.15, -0.1) is 0 Å². The quantitative estimate of drug-likeness (QED) is 0.877. The first kappa shape index (κ1) is 14.1. The Hall–Kier alpha value is -1.35. The van der Waals surface area contributed by atoms with Crippen LogP contribution in [0.4, 0.5) is 5.69 Å². The van der Waals surface area contributed by atoms with Crippen molar-refractivity contribution in [2.45, 2.75) is 46.0 Å². The number of nitrogens with one attached hydrogen (secondary N) is 1. The smallest absolute Gasteiger partial charge is 0.231 e. The van der Waals surface area contributed by atoms with Gasteiger partial charge in [0.25, 0.3) is 0 Å². The van der Waals surface area contributed by atoms with Crippen LogP contribution in [0.2, 0.25) is 0 Å². The second kappa shape index (κ2) is 5.74. The number of hydrogen-bond acceptors (Lipinski definition) is 2. The molecule has 0 saturated heterocycles. The fourth-order valence-corrected chi connectivity index (χ4v) is 3.06. The van der Waals surface area contributed by atoms with Gasteiger partial charge in [0.05, 0.1) is 5.41 Å². The fraction of sp³-hybridized carbons (Fsp3) is 0.562. The molecule has 1 aliphatic carbocycles. The van der Waals surface area contributed by atoms with E-state index in [1.165, 1.54) is 17.5 Å². The van der Waals surface area contributed by atoms with E-state index in [1.807, 2.05) is 26.0 Å². The van der Waals surface area contributed by atoms with Gasteiger partial charge in [-0.1, -0.05) is 25.3 Å². The van der Waals surface area contributed by atoms with Crippen LogP contribution in [0, 0.1) is 19.3 Å². The van der Waals surface area contributed by atoms with Crippen molar-refractivity contribution in [1.82, 2.24) is 0 Å². The zero-order valence-electron chi connectivity index (χ0n) is 12.0. The summed E-state index contributed by atoms with van der Waals surface area (Å²) in [6, 6.07) is 6.13. The minimum atomic E-state index is -0.351. The summed E-state index contributed by atoms with van der Waals surface area (Å²) < 4.78 is 0. The van der Waals surface area contributed by atoms with Gasteiger partial charge in [-0.25, -0.2) is 0 Å². The van der Waals surface area contributed by atoms with Gasteiger partial charge < -0.3 is 11.1 Å². The van der Waals surface area contributed by atoms with E-state index in [-0.39, 0.29) is 11.3 Å². The number of anilines is 1. The third-order valence-electron chi connectivity index (χ3n) is 4.16. The maximum absolute atomic E-state index is 12.6. The zero-order chi connectivity index (χ0) is 13.9. The van der Waals surface area contributed by atoms with Gasteiger partial charge in [0.2, 0.25) is 5.91 Å². The molecule has 104 valence electrons. The number of amides is 1. The van der Waals surface area contributed by atoms with E-state index in [4.69, 9.17) is 5.73 Å². The molecule has 0 radical (unpaired) electrons. The normalized spacial score (nSPS) is 18.1. The highest BCUT2D eigenvalue weighted by Crippen LogP contribution is 2.36. The lowest BCUT2D eigenvalue weighted by atomic mass is 9.73. The lowest BCUT2D eigenvalue weighted by Crippen LogP contribution is -2.43. The Labute approximate surface area is 115 Å². The first-order valence-electron chi connectivity index (χ1n) is 7.16. The van der Waals surface area contributed by atoms with Crippen molar-refractivity contribution >= 4 is 11.6 Å². The van der Waals surface area contributed by atoms with Crippen molar-refractivity contribution in [1.29, 1.82) is 0 Å². The molecule has 0 unspecified atom stereocenters. The summed E-state index contributed by atoms with van der Waals surface area (Å²) in [6.45, 7) is 4.54. The number of hydrogen-bond donors (Lipinski definition) is 2. The van der Waals surface area contributed by atoms with Crippen LogP contribution >= 0.6 is 0 Å². The monoisotopic (exact) mass is 260 g/mol. The third kappa shape index (κ3) is 3.16. The molecule has 1 aliphatic rings. The molecule has 0 aliphatic heterocycles. The number of rotatable bonds is 3. The van der Waals surface area contributed by atoms with E-state index in [1.54, 1.807) is 0 Å². The average Bonchev–Trinajstić information content (AvgIpc) is 2.38. The molecule has 1 aromatic carbocycles. The van der Waals surface area contributed by atoms with Crippen LogP contribution in [0.25, 0.3) is 0 Å². The molecule has 0 atom stereocenters. The Morgan fingerprint density at radius 3 is 2.26 bits per heavy atom. The molecule has 0 spiro atoms. The van der Waals surface area contributed by atoms with E-state index in [9.17, 15) is 4.79 Å². The molecule has 0 bridgehead atoms. The summed E-state index contributed by atoms with van der Waals surface area (Å²) in [4.78, 5) is 12.6. The number of aryl methyl sites for hydroxylation is 2. The summed E-state index contributed by atoms with van der Waals surface area (Å²) >= 11 is 0. The number of benzene rings is 1. The van der Waals surface area contributed by atoms with Crippen LogP contribution < -0.4 is 11.1 Å². The first-order valence-corrected chi connectivity index (χ1v) is 7.16. The molecule has 1 fully saturated rings. The van der Waals surface area contributed by atoms with Gasteiger partial charge in [-0.2, -0.15) is 0 Å². The van der Waals surface area contributed by atoms with E-state index >= 15 is 0 Å². The van der Waals surface area contributed by atoms with Gasteiger partial charge in [0, 0.05) is 12.2 Å². The lowest BCUT2D eigenvalue weighted by molar-refractivity contribution is -0.126. The molecule has 1 aromatic rings. The summed E-state index contributed by atoms with van der Waals surface area (Å²) in [5, 5.41) is 3.07. The Morgan fingerprint density at radius 1 is 1.16 bits per heavy atom. The zero-order valence-corrected chi connectivity index (χ0v) is 12.0. The number of carbonyl (C=O) groups excluding carboxylic acids is 1. The Morgan fingerprint density at radius 2 is 1.74 bits per heavy atom. The highest BCUT2D eigenvalue weighted by Gasteiger charge is 2.38. The van der Waals surface area contributed by atoms with E-state index < -0.39 is 0 Å². The molecular formula is C16H24N2O. The van der Waals surface area contributed by atoms with Crippen LogP contribution in [0.3, 0.4) is 0 Å². The molecule has 3 N–H and O–H groups in total. The Balaban J connectivity index is 2.14. The van der Waals surface area contributed by atoms with Gasteiger partial charge in [0.15, 0.2) is 0 Å². The summed E-state index contributed by atoms with van der Waals surface area (Å²) in [5.74, 6) is 0.0969. The van der Waals surface area contributed by atoms with Gasteiger partial charge >= 0.3 is 0 Å². The van der Waals surface area contributed by atoms with E-state index in [0.717, 1.165) is 31.4 Å². The van der Waals surface area contributed by atoms with Crippen LogP contribution in [-0.2, 0) is 4.79 Å². The second-order valence-corrected chi connectivity index (χ2v) is 5.88. The van der Waals surface area contributed by atoms with Crippen molar-refractivity contribution < 1.29 is 4.79 Å². The molecule has 3 nitrogen and oxygen atoms in total. The van der Waals surface area contributed by atoms with Crippen molar-refractivity contribution in [3.8, 4) is 0 Å². The largest absolute Gasteiger partial charge is 0.329 e. The number of nitrogens with two attached hydrogens (primary N) is 1. The highest BCUT2D eigenvalue weighted by atomic mass is 16.2. The van der Waals surface area contributed by atoms with Crippen molar-refractivity contribution in [2.24, 2.45) is 11.1 Å². The molecule has 3 heteroatoms. The SMILES string of the molecule is Cc1cc(C)cc(NC(=O)C2(CN)CCCCC2)c1.